The van der Waals surface area contributed by atoms with Crippen LogP contribution in [0.5, 0.6) is 5.75 Å². The number of hydrogen-bond donors (Lipinski definition) is 1. The summed E-state index contributed by atoms with van der Waals surface area (Å²) < 4.78 is 5.40. The summed E-state index contributed by atoms with van der Waals surface area (Å²) in [5, 5.41) is 3.45. The Morgan fingerprint density at radius 1 is 1.32 bits per heavy atom. The molecule has 0 fully saturated rings. The number of rotatable bonds is 9. The smallest absolute Gasteiger partial charge is 0.148 e. The van der Waals surface area contributed by atoms with Crippen LogP contribution in [0, 0.1) is 12.3 Å². The van der Waals surface area contributed by atoms with Gasteiger partial charge in [0.05, 0.1) is 0 Å². The largest absolute Gasteiger partial charge is 0.481 e. The Balaban J connectivity index is 2.31. The van der Waals surface area contributed by atoms with E-state index in [1.165, 1.54) is 5.56 Å². The predicted molar refractivity (Wildman–Crippen MR) is 80.3 cm³/mol. The van der Waals surface area contributed by atoms with E-state index >= 15 is 0 Å². The maximum absolute atomic E-state index is 5.40. The van der Waals surface area contributed by atoms with E-state index in [-0.39, 0.29) is 0 Å². The summed E-state index contributed by atoms with van der Waals surface area (Å²) in [6.07, 6.45) is 5.18. The van der Waals surface area contributed by atoms with Crippen LogP contribution in [0.2, 0.25) is 0 Å². The topological polar surface area (TPSA) is 24.5 Å². The lowest BCUT2D eigenvalue weighted by Gasteiger charge is -2.18. The summed E-state index contributed by atoms with van der Waals surface area (Å²) in [4.78, 5) is 2.40. The van der Waals surface area contributed by atoms with Crippen molar-refractivity contribution in [3.63, 3.8) is 0 Å². The van der Waals surface area contributed by atoms with Crippen molar-refractivity contribution in [3.8, 4) is 18.1 Å². The van der Waals surface area contributed by atoms with Gasteiger partial charge in [0.15, 0.2) is 0 Å². The van der Waals surface area contributed by atoms with E-state index in [1.54, 1.807) is 0 Å². The highest BCUT2D eigenvalue weighted by molar-refractivity contribution is 5.28. The Morgan fingerprint density at radius 2 is 2.11 bits per heavy atom. The van der Waals surface area contributed by atoms with Crippen molar-refractivity contribution < 1.29 is 4.74 Å². The zero-order valence-electron chi connectivity index (χ0n) is 12.0. The van der Waals surface area contributed by atoms with E-state index in [4.69, 9.17) is 11.2 Å². The molecule has 0 bridgehead atoms. The summed E-state index contributed by atoms with van der Waals surface area (Å²) in [5.41, 5.74) is 1.22. The fourth-order valence-electron chi connectivity index (χ4n) is 1.88. The van der Waals surface area contributed by atoms with Gasteiger partial charge in [-0.15, -0.1) is 6.42 Å². The van der Waals surface area contributed by atoms with Crippen LogP contribution < -0.4 is 10.1 Å². The van der Waals surface area contributed by atoms with E-state index < -0.39 is 0 Å². The van der Waals surface area contributed by atoms with Crippen molar-refractivity contribution in [1.29, 1.82) is 0 Å². The Hall–Kier alpha value is -1.50. The van der Waals surface area contributed by atoms with Gasteiger partial charge in [-0.3, -0.25) is 0 Å². The van der Waals surface area contributed by atoms with Crippen LogP contribution in [0.4, 0.5) is 0 Å². The average Bonchev–Trinajstić information content (AvgIpc) is 2.46. The van der Waals surface area contributed by atoms with Gasteiger partial charge in [0.25, 0.3) is 0 Å². The molecule has 0 saturated carbocycles. The molecule has 0 spiro atoms. The van der Waals surface area contributed by atoms with E-state index in [2.05, 4.69) is 36.1 Å². The van der Waals surface area contributed by atoms with Gasteiger partial charge in [-0.05, 0) is 30.8 Å². The van der Waals surface area contributed by atoms with Crippen LogP contribution in [0.25, 0.3) is 0 Å². The zero-order valence-corrected chi connectivity index (χ0v) is 12.0. The molecule has 104 valence electrons. The van der Waals surface area contributed by atoms with E-state index in [9.17, 15) is 0 Å². The SMILES string of the molecule is C#CCOc1cccc(CNCCN(CC)CC)c1. The van der Waals surface area contributed by atoms with Gasteiger partial charge in [0.1, 0.15) is 12.4 Å². The van der Waals surface area contributed by atoms with Crippen LogP contribution in [-0.4, -0.2) is 37.7 Å². The molecule has 0 radical (unpaired) electrons. The molecule has 0 amide bonds. The summed E-state index contributed by atoms with van der Waals surface area (Å²) in [6.45, 7) is 9.84. The number of nitrogens with zero attached hydrogens (tertiary/aromatic N) is 1. The molecule has 0 atom stereocenters. The van der Waals surface area contributed by atoms with Crippen molar-refractivity contribution in [1.82, 2.24) is 10.2 Å². The van der Waals surface area contributed by atoms with Crippen molar-refractivity contribution >= 4 is 0 Å². The first-order chi connectivity index (χ1) is 9.30. The second kappa shape index (κ2) is 9.43. The van der Waals surface area contributed by atoms with Crippen LogP contribution in [0.1, 0.15) is 19.4 Å². The molecule has 3 heteroatoms. The van der Waals surface area contributed by atoms with Crippen molar-refractivity contribution in [3.05, 3.63) is 29.8 Å². The third-order valence-electron chi connectivity index (χ3n) is 3.05. The Kier molecular flexibility index (Phi) is 7.72. The molecule has 1 aromatic rings. The highest BCUT2D eigenvalue weighted by Crippen LogP contribution is 2.12. The highest BCUT2D eigenvalue weighted by Gasteiger charge is 1.99. The number of ether oxygens (including phenoxy) is 1. The maximum atomic E-state index is 5.40. The first-order valence-corrected chi connectivity index (χ1v) is 6.88. The molecule has 0 unspecified atom stereocenters. The normalized spacial score (nSPS) is 10.4. The average molecular weight is 260 g/mol. The molecule has 19 heavy (non-hydrogen) atoms. The third-order valence-corrected chi connectivity index (χ3v) is 3.05. The first kappa shape index (κ1) is 15.6. The van der Waals surface area contributed by atoms with Gasteiger partial charge in [-0.2, -0.15) is 0 Å². The summed E-state index contributed by atoms with van der Waals surface area (Å²) >= 11 is 0. The Morgan fingerprint density at radius 3 is 2.79 bits per heavy atom. The van der Waals surface area contributed by atoms with Gasteiger partial charge in [0.2, 0.25) is 0 Å². The fourth-order valence-corrected chi connectivity index (χ4v) is 1.88. The summed E-state index contributed by atoms with van der Waals surface area (Å²) in [6, 6.07) is 8.04. The van der Waals surface area contributed by atoms with Crippen molar-refractivity contribution in [2.45, 2.75) is 20.4 Å². The van der Waals surface area contributed by atoms with Gasteiger partial charge in [-0.25, -0.2) is 0 Å². The summed E-state index contributed by atoms with van der Waals surface area (Å²) in [7, 11) is 0. The molecule has 3 nitrogen and oxygen atoms in total. The molecular weight excluding hydrogens is 236 g/mol. The minimum atomic E-state index is 0.318. The molecule has 1 rings (SSSR count). The molecule has 0 aromatic heterocycles. The Bertz CT molecular complexity index is 394. The maximum Gasteiger partial charge on any atom is 0.148 e. The number of hydrogen-bond acceptors (Lipinski definition) is 3. The molecule has 0 aliphatic rings. The lowest BCUT2D eigenvalue weighted by atomic mass is 10.2. The van der Waals surface area contributed by atoms with Gasteiger partial charge < -0.3 is 15.0 Å². The molecule has 0 saturated heterocycles. The number of terminal acetylenes is 1. The fraction of sp³-hybridized carbons (Fsp3) is 0.500. The standard InChI is InChI=1S/C16H24N2O/c1-4-12-19-16-9-7-8-15(13-16)14-17-10-11-18(5-2)6-3/h1,7-9,13,17H,5-6,10-12,14H2,2-3H3. The lowest BCUT2D eigenvalue weighted by molar-refractivity contribution is 0.302. The zero-order chi connectivity index (χ0) is 13.9. The quantitative estimate of drug-likeness (QED) is 0.544. The molecule has 0 aliphatic heterocycles. The van der Waals surface area contributed by atoms with Crippen LogP contribution in [-0.2, 0) is 6.54 Å². The molecule has 0 heterocycles. The van der Waals surface area contributed by atoms with Gasteiger partial charge in [0, 0.05) is 19.6 Å². The number of nitrogens with one attached hydrogen (secondary N) is 1. The lowest BCUT2D eigenvalue weighted by Crippen LogP contribution is -2.31. The molecular formula is C16H24N2O. The van der Waals surface area contributed by atoms with Crippen LogP contribution in [0.3, 0.4) is 0 Å². The molecule has 1 N–H and O–H groups in total. The Labute approximate surface area is 117 Å². The molecule has 1 aromatic carbocycles. The van der Waals surface area contributed by atoms with Crippen molar-refractivity contribution in [2.24, 2.45) is 0 Å². The van der Waals surface area contributed by atoms with Crippen LogP contribution >= 0.6 is 0 Å². The third kappa shape index (κ3) is 6.28. The second-order valence-electron chi connectivity index (χ2n) is 4.34. The van der Waals surface area contributed by atoms with Crippen LogP contribution in [0.15, 0.2) is 24.3 Å². The number of likely N-dealkylation sites (N-methyl/N-ethyl adjacent to an activating group) is 1. The monoisotopic (exact) mass is 260 g/mol. The molecule has 0 aliphatic carbocycles. The minimum absolute atomic E-state index is 0.318. The van der Waals surface area contributed by atoms with Gasteiger partial charge in [-0.1, -0.05) is 31.9 Å². The second-order valence-corrected chi connectivity index (χ2v) is 4.34. The first-order valence-electron chi connectivity index (χ1n) is 6.88. The van der Waals surface area contributed by atoms with E-state index in [0.29, 0.717) is 6.61 Å². The van der Waals surface area contributed by atoms with Crippen molar-refractivity contribution in [2.75, 3.05) is 32.8 Å². The summed E-state index contributed by atoms with van der Waals surface area (Å²) in [5.74, 6) is 3.30. The van der Waals surface area contributed by atoms with E-state index in [1.807, 2.05) is 18.2 Å². The minimum Gasteiger partial charge on any atom is -0.481 e. The predicted octanol–water partition coefficient (Wildman–Crippen LogP) is 2.13. The highest BCUT2D eigenvalue weighted by atomic mass is 16.5. The number of benzene rings is 1. The van der Waals surface area contributed by atoms with Gasteiger partial charge >= 0.3 is 0 Å². The van der Waals surface area contributed by atoms with E-state index in [0.717, 1.165) is 38.5 Å².